The highest BCUT2D eigenvalue weighted by Gasteiger charge is 2.14. The van der Waals surface area contributed by atoms with Crippen LogP contribution in [0.4, 0.5) is 0 Å². The van der Waals surface area contributed by atoms with Crippen LogP contribution in [0.15, 0.2) is 24.5 Å². The molecule has 2 unspecified atom stereocenters. The number of nitrogens with one attached hydrogen (secondary N) is 1. The molecule has 3 heteroatoms. The third-order valence-corrected chi connectivity index (χ3v) is 2.60. The lowest BCUT2D eigenvalue weighted by molar-refractivity contribution is -0.125. The summed E-state index contributed by atoms with van der Waals surface area (Å²) in [7, 11) is 0. The van der Waals surface area contributed by atoms with Crippen LogP contribution in [-0.4, -0.2) is 10.9 Å². The van der Waals surface area contributed by atoms with Gasteiger partial charge in [-0.15, -0.1) is 0 Å². The van der Waals surface area contributed by atoms with Gasteiger partial charge in [0.2, 0.25) is 5.91 Å². The minimum absolute atomic E-state index is 0.0280. The summed E-state index contributed by atoms with van der Waals surface area (Å²) in [6.07, 6.45) is 4.37. The summed E-state index contributed by atoms with van der Waals surface area (Å²) in [6, 6.07) is 3.87. The van der Waals surface area contributed by atoms with E-state index in [1.165, 1.54) is 0 Å². The van der Waals surface area contributed by atoms with Crippen molar-refractivity contribution in [1.29, 1.82) is 0 Å². The van der Waals surface area contributed by atoms with Gasteiger partial charge in [-0.1, -0.05) is 19.9 Å². The van der Waals surface area contributed by atoms with Crippen molar-refractivity contribution in [2.75, 3.05) is 0 Å². The van der Waals surface area contributed by atoms with Gasteiger partial charge >= 0.3 is 0 Å². The van der Waals surface area contributed by atoms with Gasteiger partial charge in [-0.2, -0.15) is 0 Å². The Kier molecular flexibility index (Phi) is 4.28. The first-order chi connectivity index (χ1) is 7.15. The molecule has 0 saturated heterocycles. The second-order valence-corrected chi connectivity index (χ2v) is 3.83. The Bertz CT molecular complexity index is 311. The van der Waals surface area contributed by atoms with E-state index < -0.39 is 0 Å². The van der Waals surface area contributed by atoms with Crippen LogP contribution in [0, 0.1) is 5.92 Å². The quantitative estimate of drug-likeness (QED) is 0.821. The number of nitrogens with zero attached hydrogens (tertiary/aromatic N) is 1. The van der Waals surface area contributed by atoms with Gasteiger partial charge in [-0.05, 0) is 25.0 Å². The molecule has 0 aliphatic carbocycles. The highest BCUT2D eigenvalue weighted by Crippen LogP contribution is 2.11. The lowest BCUT2D eigenvalue weighted by Crippen LogP contribution is -2.31. The fourth-order valence-corrected chi connectivity index (χ4v) is 1.26. The summed E-state index contributed by atoms with van der Waals surface area (Å²) in [5.74, 6) is 0.179. The molecular weight excluding hydrogens is 188 g/mol. The van der Waals surface area contributed by atoms with Crippen molar-refractivity contribution in [3.05, 3.63) is 30.1 Å². The summed E-state index contributed by atoms with van der Waals surface area (Å²) in [5.41, 5.74) is 1.04. The van der Waals surface area contributed by atoms with Crippen molar-refractivity contribution in [1.82, 2.24) is 10.3 Å². The Labute approximate surface area is 90.9 Å². The Hall–Kier alpha value is -1.38. The van der Waals surface area contributed by atoms with Crippen molar-refractivity contribution in [3.8, 4) is 0 Å². The first-order valence-electron chi connectivity index (χ1n) is 5.35. The molecule has 0 bridgehead atoms. The maximum atomic E-state index is 11.6. The number of carbonyl (C=O) groups excluding carboxylic acids is 1. The highest BCUT2D eigenvalue weighted by atomic mass is 16.1. The zero-order valence-electron chi connectivity index (χ0n) is 9.53. The zero-order valence-corrected chi connectivity index (χ0v) is 9.53. The van der Waals surface area contributed by atoms with Gasteiger partial charge in [0.25, 0.3) is 0 Å². The number of rotatable bonds is 4. The van der Waals surface area contributed by atoms with Crippen LogP contribution >= 0.6 is 0 Å². The number of pyridine rings is 1. The summed E-state index contributed by atoms with van der Waals surface area (Å²) >= 11 is 0. The van der Waals surface area contributed by atoms with Crippen LogP contribution in [0.25, 0.3) is 0 Å². The van der Waals surface area contributed by atoms with Gasteiger partial charge in [0, 0.05) is 18.3 Å². The Morgan fingerprint density at radius 1 is 1.53 bits per heavy atom. The van der Waals surface area contributed by atoms with Crippen molar-refractivity contribution in [3.63, 3.8) is 0 Å². The second-order valence-electron chi connectivity index (χ2n) is 3.83. The molecular formula is C12H18N2O. The molecule has 0 spiro atoms. The Morgan fingerprint density at radius 2 is 2.27 bits per heavy atom. The van der Waals surface area contributed by atoms with Crippen molar-refractivity contribution in [2.24, 2.45) is 5.92 Å². The molecule has 0 aliphatic heterocycles. The second kappa shape index (κ2) is 5.49. The number of hydrogen-bond acceptors (Lipinski definition) is 2. The van der Waals surface area contributed by atoms with Crippen LogP contribution in [0.2, 0.25) is 0 Å². The van der Waals surface area contributed by atoms with E-state index in [2.05, 4.69) is 10.3 Å². The molecule has 15 heavy (non-hydrogen) atoms. The molecule has 1 rings (SSSR count). The van der Waals surface area contributed by atoms with Gasteiger partial charge in [0.1, 0.15) is 0 Å². The molecule has 0 aromatic carbocycles. The standard InChI is InChI=1S/C12H18N2O/c1-4-9(2)12(15)14-10(3)11-6-5-7-13-8-11/h5-10H,4H2,1-3H3,(H,14,15). The predicted octanol–water partition coefficient (Wildman–Crippen LogP) is 2.30. The molecule has 3 nitrogen and oxygen atoms in total. The van der Waals surface area contributed by atoms with Gasteiger partial charge in [0.05, 0.1) is 6.04 Å². The van der Waals surface area contributed by atoms with Crippen molar-refractivity contribution < 1.29 is 4.79 Å². The largest absolute Gasteiger partial charge is 0.349 e. The summed E-state index contributed by atoms with van der Waals surface area (Å²) in [6.45, 7) is 5.92. The molecule has 0 radical (unpaired) electrons. The van der Waals surface area contributed by atoms with Crippen LogP contribution < -0.4 is 5.32 Å². The van der Waals surface area contributed by atoms with Crippen LogP contribution in [-0.2, 0) is 4.79 Å². The SMILES string of the molecule is CCC(C)C(=O)NC(C)c1cccnc1. The number of aromatic nitrogens is 1. The minimum Gasteiger partial charge on any atom is -0.349 e. The third-order valence-electron chi connectivity index (χ3n) is 2.60. The van der Waals surface area contributed by atoms with E-state index in [9.17, 15) is 4.79 Å². The van der Waals surface area contributed by atoms with Crippen LogP contribution in [0.1, 0.15) is 38.8 Å². The van der Waals surface area contributed by atoms with Crippen LogP contribution in [0.3, 0.4) is 0 Å². The molecule has 0 saturated carbocycles. The highest BCUT2D eigenvalue weighted by molar-refractivity contribution is 5.78. The molecule has 1 heterocycles. The first-order valence-corrected chi connectivity index (χ1v) is 5.35. The van der Waals surface area contributed by atoms with Gasteiger partial charge in [-0.25, -0.2) is 0 Å². The van der Waals surface area contributed by atoms with Crippen molar-refractivity contribution >= 4 is 5.91 Å². The lowest BCUT2D eigenvalue weighted by atomic mass is 10.1. The maximum Gasteiger partial charge on any atom is 0.223 e. The van der Waals surface area contributed by atoms with E-state index in [-0.39, 0.29) is 17.9 Å². The first kappa shape index (κ1) is 11.7. The van der Waals surface area contributed by atoms with E-state index in [1.54, 1.807) is 12.4 Å². The zero-order chi connectivity index (χ0) is 11.3. The minimum atomic E-state index is 0.0280. The fourth-order valence-electron chi connectivity index (χ4n) is 1.26. The summed E-state index contributed by atoms with van der Waals surface area (Å²) in [5, 5.41) is 2.97. The van der Waals surface area contributed by atoms with E-state index in [4.69, 9.17) is 0 Å². The maximum absolute atomic E-state index is 11.6. The summed E-state index contributed by atoms with van der Waals surface area (Å²) in [4.78, 5) is 15.7. The molecule has 1 amide bonds. The topological polar surface area (TPSA) is 42.0 Å². The Balaban J connectivity index is 2.56. The average Bonchev–Trinajstić information content (AvgIpc) is 2.29. The molecule has 1 aromatic heterocycles. The van der Waals surface area contributed by atoms with E-state index in [1.807, 2.05) is 32.9 Å². The molecule has 0 fully saturated rings. The molecule has 2 atom stereocenters. The van der Waals surface area contributed by atoms with Gasteiger partial charge in [0.15, 0.2) is 0 Å². The number of carbonyl (C=O) groups is 1. The smallest absolute Gasteiger partial charge is 0.223 e. The van der Waals surface area contributed by atoms with Gasteiger partial charge in [-0.3, -0.25) is 9.78 Å². The normalized spacial score (nSPS) is 14.3. The predicted molar refractivity (Wildman–Crippen MR) is 60.2 cm³/mol. The molecule has 0 aliphatic rings. The number of amides is 1. The van der Waals surface area contributed by atoms with Crippen molar-refractivity contribution in [2.45, 2.75) is 33.2 Å². The number of hydrogen-bond donors (Lipinski definition) is 1. The molecule has 1 aromatic rings. The van der Waals surface area contributed by atoms with Gasteiger partial charge < -0.3 is 5.32 Å². The van der Waals surface area contributed by atoms with E-state index in [0.29, 0.717) is 0 Å². The van der Waals surface area contributed by atoms with E-state index in [0.717, 1.165) is 12.0 Å². The lowest BCUT2D eigenvalue weighted by Gasteiger charge is -2.16. The fraction of sp³-hybridized carbons (Fsp3) is 0.500. The average molecular weight is 206 g/mol. The third kappa shape index (κ3) is 3.35. The van der Waals surface area contributed by atoms with Crippen LogP contribution in [0.5, 0.6) is 0 Å². The monoisotopic (exact) mass is 206 g/mol. The molecule has 1 N–H and O–H groups in total. The van der Waals surface area contributed by atoms with E-state index >= 15 is 0 Å². The Morgan fingerprint density at radius 3 is 2.80 bits per heavy atom. The molecule has 82 valence electrons. The summed E-state index contributed by atoms with van der Waals surface area (Å²) < 4.78 is 0.